The van der Waals surface area contributed by atoms with E-state index < -0.39 is 197 Å². The minimum atomic E-state index is -5.27. The fourth-order valence-electron chi connectivity index (χ4n) is 10.4. The average molecular weight is 1310 g/mol. The molecule has 6 amide bonds. The van der Waals surface area contributed by atoms with Gasteiger partial charge in [-0.25, -0.2) is 4.79 Å². The van der Waals surface area contributed by atoms with E-state index in [1.807, 2.05) is 0 Å². The average Bonchev–Trinajstić information content (AvgIpc) is 0.775. The number of ether oxygens (including phenoxy) is 3. The Morgan fingerprint density at radius 3 is 1.74 bits per heavy atom. The number of phenols is 5. The smallest absolute Gasteiger partial charge is 0.446 e. The summed E-state index contributed by atoms with van der Waals surface area (Å²) in [6, 6.07) is 4.56. The van der Waals surface area contributed by atoms with E-state index in [0.717, 1.165) is 91.0 Å². The summed E-state index contributed by atoms with van der Waals surface area (Å²) < 4.78 is 56.8. The predicted molar refractivity (Wildman–Crippen MR) is 310 cm³/mol. The first-order valence-electron chi connectivity index (χ1n) is 26.3. The molecule has 7 aromatic carbocycles. The summed E-state index contributed by atoms with van der Waals surface area (Å²) in [6.07, 6.45) is -2.62. The molecule has 17 bridgehead atoms. The van der Waals surface area contributed by atoms with Crippen molar-refractivity contribution in [1.82, 2.24) is 31.9 Å². The maximum atomic E-state index is 15.8. The molecule has 6 aliphatic rings. The Morgan fingerprint density at radius 2 is 1.11 bits per heavy atom. The Hall–Kier alpha value is -10.3. The van der Waals surface area contributed by atoms with E-state index in [0.29, 0.717) is 0 Å². The Bertz CT molecular complexity index is 4390. The predicted octanol–water partition coefficient (Wildman–Crippen LogP) is 5.11. The molecule has 7 aromatic rings. The molecule has 16 N–H and O–H groups in total. The monoisotopic (exact) mass is 1310 g/mol. The Kier molecular flexibility index (Phi) is 16.2. The van der Waals surface area contributed by atoms with Gasteiger partial charge in [-0.1, -0.05) is 53.0 Å². The van der Waals surface area contributed by atoms with Crippen LogP contribution in [-0.4, -0.2) is 102 Å². The number of fused-ring (bicyclic) bond motifs is 14. The van der Waals surface area contributed by atoms with Crippen molar-refractivity contribution in [1.29, 1.82) is 0 Å². The number of nitrogens with two attached hydrogens (primary N) is 1. The van der Waals surface area contributed by atoms with Crippen molar-refractivity contribution in [2.45, 2.75) is 54.8 Å². The van der Waals surface area contributed by atoms with Gasteiger partial charge in [0, 0.05) is 35.2 Å². The van der Waals surface area contributed by atoms with Crippen LogP contribution in [0, 0.1) is 0 Å². The van der Waals surface area contributed by atoms with E-state index in [1.165, 1.54) is 18.2 Å². The lowest BCUT2D eigenvalue weighted by molar-refractivity contribution is -0.143. The van der Waals surface area contributed by atoms with E-state index in [1.54, 1.807) is 0 Å². The molecule has 32 heteroatoms. The van der Waals surface area contributed by atoms with E-state index in [9.17, 15) is 67.9 Å². The molecular weight excluding hydrogens is 1270 g/mol. The molecule has 464 valence electrons. The number of halogens is 3. The molecule has 0 saturated carbocycles. The fraction of sp³-hybridized carbons (Fsp3) is 0.155. The van der Waals surface area contributed by atoms with Crippen LogP contribution in [0.4, 0.5) is 0 Å². The van der Waals surface area contributed by atoms with Gasteiger partial charge in [0.15, 0.2) is 29.0 Å². The quantitative estimate of drug-likeness (QED) is 0.102. The van der Waals surface area contributed by atoms with Crippen LogP contribution in [0.1, 0.15) is 75.3 Å². The van der Waals surface area contributed by atoms with Gasteiger partial charge in [-0.3, -0.25) is 33.3 Å². The Balaban J connectivity index is 1.15. The van der Waals surface area contributed by atoms with Crippen LogP contribution in [-0.2, 0) is 50.4 Å². The van der Waals surface area contributed by atoms with Crippen molar-refractivity contribution >= 4 is 86.6 Å². The van der Waals surface area contributed by atoms with Crippen molar-refractivity contribution in [3.63, 3.8) is 0 Å². The number of aliphatic hydroxyl groups is 1. The van der Waals surface area contributed by atoms with Gasteiger partial charge in [0.25, 0.3) is 0 Å². The van der Waals surface area contributed by atoms with Crippen molar-refractivity contribution in [3.8, 4) is 80.1 Å². The minimum absolute atomic E-state index is 0.0722. The Morgan fingerprint density at radius 1 is 0.544 bits per heavy atom. The second kappa shape index (κ2) is 23.7. The number of carbonyl (C=O) groups excluding carboxylic acids is 6. The number of carboxylic acids is 1. The highest BCUT2D eigenvalue weighted by Gasteiger charge is 2.42. The first-order chi connectivity index (χ1) is 42.6. The highest BCUT2D eigenvalue weighted by Crippen LogP contribution is 2.49. The van der Waals surface area contributed by atoms with Gasteiger partial charge < -0.3 is 91.8 Å². The fourth-order valence-corrected chi connectivity index (χ4v) is 11.5. The number of aliphatic hydroxyl groups excluding tert-OH is 1. The summed E-state index contributed by atoms with van der Waals surface area (Å²) in [5, 5.41) is 93.3. The summed E-state index contributed by atoms with van der Waals surface area (Å²) in [5.74, 6) is -17.0. The van der Waals surface area contributed by atoms with Crippen molar-refractivity contribution in [3.05, 3.63) is 163 Å². The number of phenolic OH excluding ortho intramolecular Hbond substituents is 5. The van der Waals surface area contributed by atoms with Gasteiger partial charge in [-0.05, 0) is 112 Å². The van der Waals surface area contributed by atoms with Crippen molar-refractivity contribution in [2.75, 3.05) is 0 Å². The molecule has 0 spiro atoms. The summed E-state index contributed by atoms with van der Waals surface area (Å²) in [7, 11) is -5.27. The summed E-state index contributed by atoms with van der Waals surface area (Å²) in [4.78, 5) is 104. The number of carboxylic acid groups (broad SMARTS) is 1. The molecule has 0 fully saturated rings. The number of nitrogens with one attached hydrogen (secondary N) is 6. The summed E-state index contributed by atoms with van der Waals surface area (Å²) >= 11 is 20.3. The number of carbonyl (C=O) groups is 7. The van der Waals surface area contributed by atoms with Gasteiger partial charge >= 0.3 is 16.4 Å². The molecule has 13 rings (SSSR count). The molecule has 0 aromatic heterocycles. The molecule has 1 unspecified atom stereocenters. The van der Waals surface area contributed by atoms with Crippen LogP contribution in [0.5, 0.6) is 69.0 Å². The highest BCUT2D eigenvalue weighted by molar-refractivity contribution is 7.81. The standard InChI is InChI=1S/C58H44Cl3N7O21S/c59-31-7-20-1-4-36(31)87-40-15-25-16-41(51(40)74)88-37-5-3-22(12-32(37)60)49(72)48-57(80)67-47(58(81)82)29-18-27(70)19-35(71)42(29)30-11-24(13-33(61)50(30)73)45(56(79)68-48)65-55(78)46(25)66-54(77)44-23-9-26(69)17-28(10-23)86-39-14-21(2-6-38(39)89-90(83,84)85)43(62)53(76)63-34(8-20)52(75)64-44/h1-7,9-19,34,43-49,69-74H,8,62H2,(H,63,76)(H,64,75)(H,65,78)(H,66,77)(H,67,80)(H,68,79)(H,81,82)(H,83,84,85)/t34-,43+,44?,45-,46-,47-,48+,49-/m1/s1. The van der Waals surface area contributed by atoms with Gasteiger partial charge in [0.2, 0.25) is 41.2 Å². The molecule has 90 heavy (non-hydrogen) atoms. The van der Waals surface area contributed by atoms with Crippen LogP contribution in [0.2, 0.25) is 15.1 Å². The third kappa shape index (κ3) is 12.2. The zero-order valence-electron chi connectivity index (χ0n) is 45.2. The third-order valence-electron chi connectivity index (χ3n) is 14.7. The van der Waals surface area contributed by atoms with Crippen LogP contribution in [0.25, 0.3) is 11.1 Å². The van der Waals surface area contributed by atoms with Crippen LogP contribution >= 0.6 is 34.8 Å². The summed E-state index contributed by atoms with van der Waals surface area (Å²) in [5.41, 5.74) is 3.40. The third-order valence-corrected chi connectivity index (χ3v) is 16.0. The number of aromatic hydroxyl groups is 5. The number of hydrogen-bond acceptors (Lipinski definition) is 20. The second-order valence-corrected chi connectivity index (χ2v) is 23.0. The Labute approximate surface area is 520 Å². The van der Waals surface area contributed by atoms with Gasteiger partial charge in [-0.2, -0.15) is 8.42 Å². The zero-order valence-corrected chi connectivity index (χ0v) is 48.3. The normalized spacial score (nSPS) is 21.6. The minimum Gasteiger partial charge on any atom is -0.508 e. The van der Waals surface area contributed by atoms with Gasteiger partial charge in [-0.15, -0.1) is 0 Å². The van der Waals surface area contributed by atoms with E-state index in [2.05, 4.69) is 31.9 Å². The highest BCUT2D eigenvalue weighted by atomic mass is 35.5. The molecule has 6 heterocycles. The number of rotatable bonds is 3. The molecule has 0 saturated heterocycles. The lowest BCUT2D eigenvalue weighted by Crippen LogP contribution is -2.55. The maximum Gasteiger partial charge on any atom is 0.446 e. The van der Waals surface area contributed by atoms with Crippen LogP contribution in [0.3, 0.4) is 0 Å². The van der Waals surface area contributed by atoms with Crippen molar-refractivity contribution in [2.24, 2.45) is 5.73 Å². The van der Waals surface area contributed by atoms with E-state index >= 15 is 14.4 Å². The number of aliphatic carboxylic acids is 1. The topological polar surface area (TPSA) is 451 Å². The van der Waals surface area contributed by atoms with Crippen LogP contribution in [0.15, 0.2) is 109 Å². The first-order valence-corrected chi connectivity index (χ1v) is 28.8. The first kappa shape index (κ1) is 61.4. The lowest BCUT2D eigenvalue weighted by Gasteiger charge is -2.31. The zero-order chi connectivity index (χ0) is 64.5. The molecular formula is C58H44Cl3N7O21S. The number of benzene rings is 7. The second-order valence-electron chi connectivity index (χ2n) is 20.7. The molecule has 28 nitrogen and oxygen atoms in total. The van der Waals surface area contributed by atoms with Gasteiger partial charge in [0.05, 0.1) is 15.1 Å². The van der Waals surface area contributed by atoms with Crippen LogP contribution < -0.4 is 56.0 Å². The molecule has 6 aliphatic heterocycles. The number of amides is 6. The summed E-state index contributed by atoms with van der Waals surface area (Å²) in [6.45, 7) is 0. The molecule has 0 aliphatic carbocycles. The van der Waals surface area contributed by atoms with E-state index in [4.69, 9.17) is 58.9 Å². The largest absolute Gasteiger partial charge is 0.508 e. The van der Waals surface area contributed by atoms with E-state index in [-0.39, 0.29) is 43.8 Å². The SMILES string of the molecule is N[C@@H]1C(=O)N[C@@H]2Cc3ccc(c(Cl)c3)Oc3cc4cc(c3O)Oc3ccc(cc3Cl)[C@@H](O)[C@@H]3NC(=O)[C@H](NC(=O)[C@@H]4NC(=O)C(NC2=O)c2cc(O)cc(c2)Oc2cc1ccc2OS(=O)(=O)O)c1cc(Cl)c(O)c(c1)-c1c(O)cc(O)cc1[C@H](C(=O)O)NC3=O. The lowest BCUT2D eigenvalue weighted by atomic mass is 9.89. The number of hydrogen-bond donors (Lipinski definition) is 15. The maximum absolute atomic E-state index is 15.8. The van der Waals surface area contributed by atoms with Crippen molar-refractivity contribution < 1.29 is 101 Å². The molecule has 0 radical (unpaired) electrons. The van der Waals surface area contributed by atoms with Gasteiger partial charge in [0.1, 0.15) is 82.6 Å². The molecule has 8 atom stereocenters.